The molecule has 0 aliphatic carbocycles. The molecule has 3 aromatic rings. The highest BCUT2D eigenvalue weighted by Crippen LogP contribution is 2.38. The molecule has 35 heavy (non-hydrogen) atoms. The van der Waals surface area contributed by atoms with Crippen molar-refractivity contribution in [3.63, 3.8) is 0 Å². The maximum absolute atomic E-state index is 13.5. The van der Waals surface area contributed by atoms with Gasteiger partial charge >= 0.3 is 0 Å². The molecule has 0 fully saturated rings. The molecule has 0 aromatic heterocycles. The Morgan fingerprint density at radius 3 is 2.49 bits per heavy atom. The zero-order chi connectivity index (χ0) is 24.6. The number of benzene rings is 3. The summed E-state index contributed by atoms with van der Waals surface area (Å²) in [6.07, 6.45) is -1.03. The molecule has 2 atom stereocenters. The van der Waals surface area contributed by atoms with Gasteiger partial charge in [-0.25, -0.2) is 8.42 Å². The number of carbonyl (C=O) groups is 1. The molecule has 1 amide bonds. The summed E-state index contributed by atoms with van der Waals surface area (Å²) < 4.78 is 45.4. The van der Waals surface area contributed by atoms with E-state index in [2.05, 4.69) is 5.32 Å². The summed E-state index contributed by atoms with van der Waals surface area (Å²) in [6.45, 7) is 4.56. The van der Waals surface area contributed by atoms with Crippen molar-refractivity contribution in [2.45, 2.75) is 30.9 Å². The Morgan fingerprint density at radius 2 is 1.71 bits per heavy atom. The van der Waals surface area contributed by atoms with Gasteiger partial charge in [-0.05, 0) is 61.4 Å². The van der Waals surface area contributed by atoms with Crippen LogP contribution in [0.3, 0.4) is 0 Å². The van der Waals surface area contributed by atoms with Crippen LogP contribution in [0.4, 0.5) is 5.69 Å². The predicted molar refractivity (Wildman–Crippen MR) is 131 cm³/mol. The lowest BCUT2D eigenvalue weighted by molar-refractivity contribution is -0.128. The predicted octanol–water partition coefficient (Wildman–Crippen LogP) is 3.60. The third-order valence-corrected chi connectivity index (χ3v) is 7.83. The van der Waals surface area contributed by atoms with Crippen LogP contribution in [0.1, 0.15) is 24.1 Å². The number of rotatable bonds is 5. The molecule has 2 heterocycles. The van der Waals surface area contributed by atoms with Crippen molar-refractivity contribution in [3.8, 4) is 17.2 Å². The van der Waals surface area contributed by atoms with E-state index in [0.717, 1.165) is 11.1 Å². The Hall–Kier alpha value is -3.72. The Labute approximate surface area is 204 Å². The molecule has 3 aromatic carbocycles. The van der Waals surface area contributed by atoms with Gasteiger partial charge in [0.25, 0.3) is 15.9 Å². The Balaban J connectivity index is 1.40. The molecular formula is C26H26N2O6S. The highest BCUT2D eigenvalue weighted by Gasteiger charge is 2.38. The van der Waals surface area contributed by atoms with Gasteiger partial charge in [0.2, 0.25) is 0 Å². The number of sulfonamides is 1. The summed E-state index contributed by atoms with van der Waals surface area (Å²) in [4.78, 5) is 13.4. The number of nitrogens with one attached hydrogen (secondary N) is 1. The molecule has 8 nitrogen and oxygen atoms in total. The molecule has 0 unspecified atom stereocenters. The van der Waals surface area contributed by atoms with Crippen molar-refractivity contribution in [2.75, 3.05) is 24.1 Å². The van der Waals surface area contributed by atoms with Crippen LogP contribution in [0.5, 0.6) is 17.2 Å². The van der Waals surface area contributed by atoms with Gasteiger partial charge in [-0.3, -0.25) is 9.10 Å². The maximum Gasteiger partial charge on any atom is 0.264 e. The number of anilines is 1. The van der Waals surface area contributed by atoms with Gasteiger partial charge in [0.15, 0.2) is 17.6 Å². The van der Waals surface area contributed by atoms with E-state index in [1.54, 1.807) is 30.3 Å². The molecule has 2 aliphatic heterocycles. The van der Waals surface area contributed by atoms with Crippen molar-refractivity contribution in [1.82, 2.24) is 5.32 Å². The standard InChI is InChI=1S/C26H26N2O6S/c1-17-8-10-21-23(14-17)34-25(16-28(21)35(30,31)20-6-4-3-5-7-20)26(29)27-18(2)19-9-11-22-24(15-19)33-13-12-32-22/h3-11,14-15,18,25H,12-13,16H2,1-2H3,(H,27,29)/t18-,25+/m0/s1. The third kappa shape index (κ3) is 4.51. The first-order valence-corrected chi connectivity index (χ1v) is 12.8. The van der Waals surface area contributed by atoms with E-state index >= 15 is 0 Å². The minimum absolute atomic E-state index is 0.146. The molecule has 0 saturated heterocycles. The van der Waals surface area contributed by atoms with Gasteiger partial charge in [-0.15, -0.1) is 0 Å². The van der Waals surface area contributed by atoms with Gasteiger partial charge in [0.1, 0.15) is 19.0 Å². The number of nitrogens with zero attached hydrogens (tertiary/aromatic N) is 1. The number of aryl methyl sites for hydroxylation is 1. The fourth-order valence-corrected chi connectivity index (χ4v) is 5.66. The number of ether oxygens (including phenoxy) is 3. The molecule has 9 heteroatoms. The van der Waals surface area contributed by atoms with Gasteiger partial charge in [-0.2, -0.15) is 0 Å². The van der Waals surface area contributed by atoms with Gasteiger partial charge < -0.3 is 19.5 Å². The first kappa shape index (κ1) is 23.0. The minimum Gasteiger partial charge on any atom is -0.486 e. The summed E-state index contributed by atoms with van der Waals surface area (Å²) in [5.74, 6) is 1.24. The normalized spacial score (nSPS) is 17.7. The van der Waals surface area contributed by atoms with E-state index in [-0.39, 0.29) is 17.5 Å². The summed E-state index contributed by atoms with van der Waals surface area (Å²) >= 11 is 0. The van der Waals surface area contributed by atoms with Crippen molar-refractivity contribution in [1.29, 1.82) is 0 Å². The fraction of sp³-hybridized carbons (Fsp3) is 0.269. The van der Waals surface area contributed by atoms with Crippen molar-refractivity contribution in [3.05, 3.63) is 77.9 Å². The second kappa shape index (κ2) is 9.14. The van der Waals surface area contributed by atoms with Crippen molar-refractivity contribution in [2.24, 2.45) is 0 Å². The van der Waals surface area contributed by atoms with Crippen LogP contribution in [0, 0.1) is 6.92 Å². The molecule has 0 bridgehead atoms. The molecule has 2 aliphatic rings. The molecule has 0 spiro atoms. The van der Waals surface area contributed by atoms with E-state index in [0.29, 0.717) is 36.1 Å². The lowest BCUT2D eigenvalue weighted by Crippen LogP contribution is -2.51. The van der Waals surface area contributed by atoms with Crippen LogP contribution in [0.2, 0.25) is 0 Å². The van der Waals surface area contributed by atoms with E-state index in [1.807, 2.05) is 38.1 Å². The monoisotopic (exact) mass is 494 g/mol. The lowest BCUT2D eigenvalue weighted by Gasteiger charge is -2.35. The van der Waals surface area contributed by atoms with Crippen LogP contribution in [-0.4, -0.2) is 40.2 Å². The first-order chi connectivity index (χ1) is 16.8. The largest absolute Gasteiger partial charge is 0.486 e. The molecule has 182 valence electrons. The van der Waals surface area contributed by atoms with Crippen LogP contribution >= 0.6 is 0 Å². The topological polar surface area (TPSA) is 94.2 Å². The maximum atomic E-state index is 13.5. The second-order valence-electron chi connectivity index (χ2n) is 8.56. The highest BCUT2D eigenvalue weighted by molar-refractivity contribution is 7.92. The van der Waals surface area contributed by atoms with Crippen molar-refractivity contribution >= 4 is 21.6 Å². The van der Waals surface area contributed by atoms with Gasteiger partial charge in [0.05, 0.1) is 23.2 Å². The molecule has 5 rings (SSSR count). The summed E-state index contributed by atoms with van der Waals surface area (Å²) in [5.41, 5.74) is 2.14. The Bertz CT molecular complexity index is 1360. The summed E-state index contributed by atoms with van der Waals surface area (Å²) in [6, 6.07) is 18.6. The average molecular weight is 495 g/mol. The summed E-state index contributed by atoms with van der Waals surface area (Å²) in [5, 5.41) is 2.95. The number of carbonyl (C=O) groups excluding carboxylic acids is 1. The average Bonchev–Trinajstić information content (AvgIpc) is 2.87. The fourth-order valence-electron chi connectivity index (χ4n) is 4.16. The van der Waals surface area contributed by atoms with E-state index < -0.39 is 22.0 Å². The Morgan fingerprint density at radius 1 is 0.971 bits per heavy atom. The number of fused-ring (bicyclic) bond motifs is 2. The second-order valence-corrected chi connectivity index (χ2v) is 10.4. The Kier molecular flexibility index (Phi) is 6.02. The highest BCUT2D eigenvalue weighted by atomic mass is 32.2. The number of amides is 1. The van der Waals surface area contributed by atoms with Crippen LogP contribution in [0.15, 0.2) is 71.6 Å². The van der Waals surface area contributed by atoms with Crippen LogP contribution in [-0.2, 0) is 14.8 Å². The number of hydrogen-bond donors (Lipinski definition) is 1. The zero-order valence-electron chi connectivity index (χ0n) is 19.4. The van der Waals surface area contributed by atoms with Crippen molar-refractivity contribution < 1.29 is 27.4 Å². The quantitative estimate of drug-likeness (QED) is 0.583. The third-order valence-electron chi connectivity index (χ3n) is 6.03. The molecule has 0 saturated carbocycles. The van der Waals surface area contributed by atoms with Crippen LogP contribution < -0.4 is 23.8 Å². The smallest absolute Gasteiger partial charge is 0.264 e. The van der Waals surface area contributed by atoms with Gasteiger partial charge in [-0.1, -0.05) is 30.3 Å². The van der Waals surface area contributed by atoms with E-state index in [9.17, 15) is 13.2 Å². The molecule has 1 N–H and O–H groups in total. The lowest BCUT2D eigenvalue weighted by atomic mass is 10.1. The van der Waals surface area contributed by atoms with Gasteiger partial charge in [0, 0.05) is 0 Å². The first-order valence-electron chi connectivity index (χ1n) is 11.4. The number of hydrogen-bond acceptors (Lipinski definition) is 6. The van der Waals surface area contributed by atoms with E-state index in [4.69, 9.17) is 14.2 Å². The SMILES string of the molecule is Cc1ccc2c(c1)O[C@@H](C(=O)N[C@@H](C)c1ccc3c(c1)OCCO3)CN2S(=O)(=O)c1ccccc1. The minimum atomic E-state index is -3.90. The van der Waals surface area contributed by atoms with Crippen LogP contribution in [0.25, 0.3) is 0 Å². The molecular weight excluding hydrogens is 468 g/mol. The summed E-state index contributed by atoms with van der Waals surface area (Å²) in [7, 11) is -3.90. The van der Waals surface area contributed by atoms with E-state index in [1.165, 1.54) is 16.4 Å². The molecule has 0 radical (unpaired) electrons. The zero-order valence-corrected chi connectivity index (χ0v) is 20.2.